The third-order valence-corrected chi connectivity index (χ3v) is 4.54. The topological polar surface area (TPSA) is 58.4 Å². The fraction of sp³-hybridized carbons (Fsp3) is 0.933. The van der Waals surface area contributed by atoms with Gasteiger partial charge in [-0.2, -0.15) is 0 Å². The average Bonchev–Trinajstić information content (AvgIpc) is 2.91. The molecule has 2 rings (SSSR count). The number of carbonyl (C=O) groups is 1. The van der Waals surface area contributed by atoms with Crippen LogP contribution in [0.25, 0.3) is 0 Å². The quantitative estimate of drug-likeness (QED) is 0.717. The molecule has 0 atom stereocenters. The molecule has 110 valence electrons. The van der Waals surface area contributed by atoms with Crippen molar-refractivity contribution in [2.45, 2.75) is 57.4 Å². The number of nitrogens with two attached hydrogens (primary N) is 1. The molecule has 1 aliphatic carbocycles. The van der Waals surface area contributed by atoms with Crippen LogP contribution in [0.3, 0.4) is 0 Å². The molecule has 4 heteroatoms. The van der Waals surface area contributed by atoms with Gasteiger partial charge in [0, 0.05) is 19.0 Å². The van der Waals surface area contributed by atoms with Crippen LogP contribution in [0.4, 0.5) is 0 Å². The molecule has 2 aliphatic rings. The van der Waals surface area contributed by atoms with E-state index in [0.717, 1.165) is 45.2 Å². The summed E-state index contributed by atoms with van der Waals surface area (Å²) in [6.07, 6.45) is 8.91. The molecule has 1 saturated carbocycles. The minimum atomic E-state index is 0.238. The van der Waals surface area contributed by atoms with E-state index in [4.69, 9.17) is 5.73 Å². The van der Waals surface area contributed by atoms with Gasteiger partial charge in [0.25, 0.3) is 0 Å². The third kappa shape index (κ3) is 5.49. The van der Waals surface area contributed by atoms with Crippen molar-refractivity contribution in [2.75, 3.05) is 26.2 Å². The Morgan fingerprint density at radius 3 is 2.53 bits per heavy atom. The molecule has 0 radical (unpaired) electrons. The molecule has 0 bridgehead atoms. The average molecular weight is 267 g/mol. The van der Waals surface area contributed by atoms with E-state index in [1.807, 2.05) is 0 Å². The fourth-order valence-corrected chi connectivity index (χ4v) is 3.26. The van der Waals surface area contributed by atoms with Gasteiger partial charge in [0.15, 0.2) is 0 Å². The van der Waals surface area contributed by atoms with Crippen LogP contribution in [-0.2, 0) is 4.79 Å². The van der Waals surface area contributed by atoms with E-state index in [1.165, 1.54) is 25.9 Å². The maximum Gasteiger partial charge on any atom is 0.220 e. The Labute approximate surface area is 117 Å². The smallest absolute Gasteiger partial charge is 0.220 e. The standard InChI is InChI=1S/C15H29N3O/c16-14-6-4-13(5-7-14)12-15(19)17-8-3-11-18-9-1-2-10-18/h13-14H,1-12,16H2,(H,17,19). The summed E-state index contributed by atoms with van der Waals surface area (Å²) in [5, 5.41) is 3.07. The fourth-order valence-electron chi connectivity index (χ4n) is 3.26. The van der Waals surface area contributed by atoms with Gasteiger partial charge in [-0.1, -0.05) is 0 Å². The minimum absolute atomic E-state index is 0.238. The monoisotopic (exact) mass is 267 g/mol. The van der Waals surface area contributed by atoms with E-state index in [1.54, 1.807) is 0 Å². The highest BCUT2D eigenvalue weighted by molar-refractivity contribution is 5.76. The molecule has 1 heterocycles. The number of carbonyl (C=O) groups excluding carboxylic acids is 1. The van der Waals surface area contributed by atoms with Gasteiger partial charge in [0.1, 0.15) is 0 Å². The Bertz CT molecular complexity index is 269. The Morgan fingerprint density at radius 1 is 1.16 bits per heavy atom. The van der Waals surface area contributed by atoms with E-state index in [2.05, 4.69) is 10.2 Å². The maximum absolute atomic E-state index is 11.8. The number of hydrogen-bond acceptors (Lipinski definition) is 3. The second-order valence-electron chi connectivity index (χ2n) is 6.24. The first-order chi connectivity index (χ1) is 9.24. The first-order valence-corrected chi connectivity index (χ1v) is 7.98. The highest BCUT2D eigenvalue weighted by Crippen LogP contribution is 2.25. The number of rotatable bonds is 6. The normalized spacial score (nSPS) is 28.5. The Morgan fingerprint density at radius 2 is 1.84 bits per heavy atom. The molecule has 4 nitrogen and oxygen atoms in total. The van der Waals surface area contributed by atoms with Crippen molar-refractivity contribution >= 4 is 5.91 Å². The van der Waals surface area contributed by atoms with Crippen molar-refractivity contribution in [3.8, 4) is 0 Å². The van der Waals surface area contributed by atoms with Crippen LogP contribution in [0.5, 0.6) is 0 Å². The van der Waals surface area contributed by atoms with Crippen LogP contribution >= 0.6 is 0 Å². The van der Waals surface area contributed by atoms with Gasteiger partial charge in [-0.3, -0.25) is 4.79 Å². The van der Waals surface area contributed by atoms with Crippen LogP contribution in [0.1, 0.15) is 51.4 Å². The SMILES string of the molecule is NC1CCC(CC(=O)NCCCN2CCCC2)CC1. The summed E-state index contributed by atoms with van der Waals surface area (Å²) < 4.78 is 0. The lowest BCUT2D eigenvalue weighted by atomic mass is 9.84. The molecular weight excluding hydrogens is 238 g/mol. The summed E-state index contributed by atoms with van der Waals surface area (Å²) in [5.74, 6) is 0.806. The Hall–Kier alpha value is -0.610. The molecule has 2 fully saturated rings. The second-order valence-corrected chi connectivity index (χ2v) is 6.24. The van der Waals surface area contributed by atoms with Crippen LogP contribution in [0, 0.1) is 5.92 Å². The zero-order chi connectivity index (χ0) is 13.5. The molecule has 0 unspecified atom stereocenters. The van der Waals surface area contributed by atoms with Crippen molar-refractivity contribution in [3.63, 3.8) is 0 Å². The molecular formula is C15H29N3O. The predicted octanol–water partition coefficient (Wildman–Crippen LogP) is 1.50. The van der Waals surface area contributed by atoms with Crippen LogP contribution < -0.4 is 11.1 Å². The van der Waals surface area contributed by atoms with Crippen molar-refractivity contribution in [3.05, 3.63) is 0 Å². The third-order valence-electron chi connectivity index (χ3n) is 4.54. The van der Waals surface area contributed by atoms with Crippen LogP contribution in [-0.4, -0.2) is 43.0 Å². The Kier molecular flexibility index (Phi) is 6.11. The number of amides is 1. The summed E-state index contributed by atoms with van der Waals surface area (Å²) >= 11 is 0. The van der Waals surface area contributed by atoms with Crippen LogP contribution in [0.15, 0.2) is 0 Å². The second kappa shape index (κ2) is 7.85. The summed E-state index contributed by atoms with van der Waals surface area (Å²) in [5.41, 5.74) is 5.88. The van der Waals surface area contributed by atoms with Crippen molar-refractivity contribution in [1.29, 1.82) is 0 Å². The zero-order valence-corrected chi connectivity index (χ0v) is 12.1. The first-order valence-electron chi connectivity index (χ1n) is 7.98. The van der Waals surface area contributed by atoms with Gasteiger partial charge in [0.05, 0.1) is 0 Å². The lowest BCUT2D eigenvalue weighted by molar-refractivity contribution is -0.122. The molecule has 1 saturated heterocycles. The highest BCUT2D eigenvalue weighted by atomic mass is 16.1. The summed E-state index contributed by atoms with van der Waals surface area (Å²) in [7, 11) is 0. The summed E-state index contributed by atoms with van der Waals surface area (Å²) in [6, 6.07) is 0.375. The van der Waals surface area contributed by atoms with Gasteiger partial charge in [-0.15, -0.1) is 0 Å². The summed E-state index contributed by atoms with van der Waals surface area (Å²) in [6.45, 7) is 4.46. The van der Waals surface area contributed by atoms with Gasteiger partial charge >= 0.3 is 0 Å². The van der Waals surface area contributed by atoms with Crippen molar-refractivity contribution < 1.29 is 4.79 Å². The largest absolute Gasteiger partial charge is 0.356 e. The van der Waals surface area contributed by atoms with Crippen molar-refractivity contribution in [1.82, 2.24) is 10.2 Å². The van der Waals surface area contributed by atoms with E-state index >= 15 is 0 Å². The van der Waals surface area contributed by atoms with E-state index in [9.17, 15) is 4.79 Å². The molecule has 0 aromatic rings. The summed E-state index contributed by atoms with van der Waals surface area (Å²) in [4.78, 5) is 14.3. The zero-order valence-electron chi connectivity index (χ0n) is 12.1. The molecule has 19 heavy (non-hydrogen) atoms. The molecule has 0 aromatic carbocycles. The van der Waals surface area contributed by atoms with Gasteiger partial charge in [-0.25, -0.2) is 0 Å². The lowest BCUT2D eigenvalue weighted by Gasteiger charge is -2.25. The van der Waals surface area contributed by atoms with E-state index in [-0.39, 0.29) is 5.91 Å². The van der Waals surface area contributed by atoms with Gasteiger partial charge in [0.2, 0.25) is 5.91 Å². The number of nitrogens with zero attached hydrogens (tertiary/aromatic N) is 1. The molecule has 3 N–H and O–H groups in total. The Balaban J connectivity index is 1.49. The molecule has 0 aromatic heterocycles. The lowest BCUT2D eigenvalue weighted by Crippen LogP contribution is -2.32. The van der Waals surface area contributed by atoms with Gasteiger partial charge in [-0.05, 0) is 70.5 Å². The molecule has 1 aliphatic heterocycles. The predicted molar refractivity (Wildman–Crippen MR) is 77.9 cm³/mol. The first kappa shape index (κ1) is 14.8. The molecule has 1 amide bonds. The molecule has 0 spiro atoms. The number of likely N-dealkylation sites (tertiary alicyclic amines) is 1. The minimum Gasteiger partial charge on any atom is -0.356 e. The maximum atomic E-state index is 11.8. The number of hydrogen-bond donors (Lipinski definition) is 2. The van der Waals surface area contributed by atoms with Crippen molar-refractivity contribution in [2.24, 2.45) is 11.7 Å². The number of nitrogens with one attached hydrogen (secondary N) is 1. The van der Waals surface area contributed by atoms with Crippen LogP contribution in [0.2, 0.25) is 0 Å². The highest BCUT2D eigenvalue weighted by Gasteiger charge is 2.20. The van der Waals surface area contributed by atoms with E-state index < -0.39 is 0 Å². The van der Waals surface area contributed by atoms with Gasteiger partial charge < -0.3 is 16.0 Å². The van der Waals surface area contributed by atoms with E-state index in [0.29, 0.717) is 18.4 Å².